The molecule has 2 aromatic rings. The van der Waals surface area contributed by atoms with Crippen molar-refractivity contribution in [1.29, 1.82) is 0 Å². The molecule has 0 bridgehead atoms. The smallest absolute Gasteiger partial charge is 0.161 e. The van der Waals surface area contributed by atoms with Crippen LogP contribution in [0.3, 0.4) is 0 Å². The fourth-order valence-electron chi connectivity index (χ4n) is 1.80. The number of para-hydroxylation sites is 2. The van der Waals surface area contributed by atoms with Gasteiger partial charge in [0.05, 0.1) is 19.9 Å². The average molecular weight is 261 g/mol. The normalized spacial score (nSPS) is 10.7. The van der Waals surface area contributed by atoms with Crippen molar-refractivity contribution in [2.45, 2.75) is 6.54 Å². The minimum absolute atomic E-state index is 0.609. The molecule has 1 aromatic carbocycles. The van der Waals surface area contributed by atoms with Crippen LogP contribution in [0.5, 0.6) is 11.5 Å². The molecule has 0 aliphatic rings. The summed E-state index contributed by atoms with van der Waals surface area (Å²) >= 11 is 0. The molecule has 0 radical (unpaired) electrons. The van der Waals surface area contributed by atoms with E-state index >= 15 is 0 Å². The highest BCUT2D eigenvalue weighted by atomic mass is 16.5. The Bertz CT molecular complexity index is 482. The summed E-state index contributed by atoms with van der Waals surface area (Å²) in [5.41, 5.74) is 0. The Kier molecular flexibility index (Phi) is 4.86. The quantitative estimate of drug-likeness (QED) is 0.767. The molecule has 19 heavy (non-hydrogen) atoms. The van der Waals surface area contributed by atoms with E-state index in [1.165, 1.54) is 0 Å². The van der Waals surface area contributed by atoms with E-state index in [9.17, 15) is 0 Å². The van der Waals surface area contributed by atoms with Crippen molar-refractivity contribution in [1.82, 2.24) is 4.90 Å². The molecular formula is C15H19NO3. The zero-order chi connectivity index (χ0) is 13.5. The predicted octanol–water partition coefficient (Wildman–Crippen LogP) is 2.80. The maximum absolute atomic E-state index is 5.72. The average Bonchev–Trinajstić information content (AvgIpc) is 2.92. The van der Waals surface area contributed by atoms with E-state index < -0.39 is 0 Å². The molecule has 2 rings (SSSR count). The monoisotopic (exact) mass is 261 g/mol. The molecule has 0 aliphatic carbocycles. The number of likely N-dealkylation sites (N-methyl/N-ethyl adjacent to an activating group) is 1. The molecule has 0 saturated heterocycles. The van der Waals surface area contributed by atoms with Crippen molar-refractivity contribution in [2.75, 3.05) is 27.3 Å². The van der Waals surface area contributed by atoms with Crippen molar-refractivity contribution in [2.24, 2.45) is 0 Å². The van der Waals surface area contributed by atoms with Crippen molar-refractivity contribution in [3.8, 4) is 11.5 Å². The summed E-state index contributed by atoms with van der Waals surface area (Å²) in [6, 6.07) is 11.5. The second-order valence-corrected chi connectivity index (χ2v) is 4.32. The lowest BCUT2D eigenvalue weighted by Crippen LogP contribution is -2.23. The highest BCUT2D eigenvalue weighted by Crippen LogP contribution is 2.25. The third kappa shape index (κ3) is 4.03. The molecule has 0 fully saturated rings. The zero-order valence-corrected chi connectivity index (χ0v) is 11.3. The Morgan fingerprint density at radius 2 is 1.89 bits per heavy atom. The van der Waals surface area contributed by atoms with E-state index in [0.29, 0.717) is 6.61 Å². The van der Waals surface area contributed by atoms with Crippen LogP contribution in [0.15, 0.2) is 47.1 Å². The van der Waals surface area contributed by atoms with Gasteiger partial charge >= 0.3 is 0 Å². The van der Waals surface area contributed by atoms with Crippen molar-refractivity contribution in [3.05, 3.63) is 48.4 Å². The number of methoxy groups -OCH3 is 1. The van der Waals surface area contributed by atoms with Crippen LogP contribution >= 0.6 is 0 Å². The summed E-state index contributed by atoms with van der Waals surface area (Å²) in [4.78, 5) is 2.15. The number of hydrogen-bond donors (Lipinski definition) is 0. The van der Waals surface area contributed by atoms with E-state index in [4.69, 9.17) is 13.9 Å². The zero-order valence-electron chi connectivity index (χ0n) is 11.3. The van der Waals surface area contributed by atoms with Crippen LogP contribution in [0.2, 0.25) is 0 Å². The first kappa shape index (κ1) is 13.5. The van der Waals surface area contributed by atoms with Crippen LogP contribution in [0.1, 0.15) is 5.76 Å². The SMILES string of the molecule is COc1ccccc1OCCN(C)Cc1ccco1. The third-order valence-electron chi connectivity index (χ3n) is 2.81. The predicted molar refractivity (Wildman–Crippen MR) is 73.5 cm³/mol. The Labute approximate surface area is 113 Å². The summed E-state index contributed by atoms with van der Waals surface area (Å²) in [5, 5.41) is 0. The Hall–Kier alpha value is -1.94. The van der Waals surface area contributed by atoms with E-state index in [1.807, 2.05) is 43.4 Å². The minimum Gasteiger partial charge on any atom is -0.493 e. The van der Waals surface area contributed by atoms with E-state index in [1.54, 1.807) is 13.4 Å². The summed E-state index contributed by atoms with van der Waals surface area (Å²) in [6.07, 6.45) is 1.69. The van der Waals surface area contributed by atoms with Gasteiger partial charge < -0.3 is 13.9 Å². The first-order chi connectivity index (χ1) is 9.29. The summed E-state index contributed by atoms with van der Waals surface area (Å²) in [6.45, 7) is 2.21. The Balaban J connectivity index is 1.76. The van der Waals surface area contributed by atoms with Crippen LogP contribution in [0.25, 0.3) is 0 Å². The van der Waals surface area contributed by atoms with Gasteiger partial charge in [-0.05, 0) is 31.3 Å². The second kappa shape index (κ2) is 6.85. The fraction of sp³-hybridized carbons (Fsp3) is 0.333. The molecule has 102 valence electrons. The fourth-order valence-corrected chi connectivity index (χ4v) is 1.80. The molecule has 4 nitrogen and oxygen atoms in total. The lowest BCUT2D eigenvalue weighted by atomic mass is 10.3. The van der Waals surface area contributed by atoms with Gasteiger partial charge in [-0.3, -0.25) is 4.90 Å². The third-order valence-corrected chi connectivity index (χ3v) is 2.81. The van der Waals surface area contributed by atoms with Gasteiger partial charge in [0.1, 0.15) is 12.4 Å². The summed E-state index contributed by atoms with van der Waals surface area (Å²) in [5.74, 6) is 2.49. The lowest BCUT2D eigenvalue weighted by molar-refractivity contribution is 0.217. The Morgan fingerprint density at radius 1 is 1.11 bits per heavy atom. The molecule has 0 saturated carbocycles. The molecule has 0 atom stereocenters. The number of rotatable bonds is 7. The molecule has 1 aromatic heterocycles. The van der Waals surface area contributed by atoms with E-state index in [-0.39, 0.29) is 0 Å². The first-order valence-corrected chi connectivity index (χ1v) is 6.26. The van der Waals surface area contributed by atoms with Crippen LogP contribution in [0.4, 0.5) is 0 Å². The number of furan rings is 1. The number of ether oxygens (including phenoxy) is 2. The molecule has 0 unspecified atom stereocenters. The molecule has 4 heteroatoms. The minimum atomic E-state index is 0.609. The van der Waals surface area contributed by atoms with Crippen LogP contribution < -0.4 is 9.47 Å². The van der Waals surface area contributed by atoms with Crippen LogP contribution in [-0.2, 0) is 6.54 Å². The maximum Gasteiger partial charge on any atom is 0.161 e. The van der Waals surface area contributed by atoms with Crippen LogP contribution in [-0.4, -0.2) is 32.2 Å². The molecule has 0 aliphatic heterocycles. The number of nitrogens with zero attached hydrogens (tertiary/aromatic N) is 1. The van der Waals surface area contributed by atoms with Crippen molar-refractivity contribution in [3.63, 3.8) is 0 Å². The lowest BCUT2D eigenvalue weighted by Gasteiger charge is -2.16. The van der Waals surface area contributed by atoms with E-state index in [0.717, 1.165) is 30.3 Å². The van der Waals surface area contributed by atoms with Crippen molar-refractivity contribution >= 4 is 0 Å². The van der Waals surface area contributed by atoms with Gasteiger partial charge in [0, 0.05) is 6.54 Å². The Morgan fingerprint density at radius 3 is 2.58 bits per heavy atom. The van der Waals surface area contributed by atoms with Gasteiger partial charge in [-0.15, -0.1) is 0 Å². The number of hydrogen-bond acceptors (Lipinski definition) is 4. The maximum atomic E-state index is 5.72. The van der Waals surface area contributed by atoms with Gasteiger partial charge in [-0.2, -0.15) is 0 Å². The van der Waals surface area contributed by atoms with Gasteiger partial charge in [-0.25, -0.2) is 0 Å². The van der Waals surface area contributed by atoms with Gasteiger partial charge in [0.2, 0.25) is 0 Å². The van der Waals surface area contributed by atoms with Gasteiger partial charge in [0.25, 0.3) is 0 Å². The largest absolute Gasteiger partial charge is 0.493 e. The first-order valence-electron chi connectivity index (χ1n) is 6.26. The molecule has 0 N–H and O–H groups in total. The standard InChI is InChI=1S/C15H19NO3/c1-16(12-13-6-5-10-18-13)9-11-19-15-8-4-3-7-14(15)17-2/h3-8,10H,9,11-12H2,1-2H3. The highest BCUT2D eigenvalue weighted by molar-refractivity contribution is 5.39. The summed E-state index contributed by atoms with van der Waals surface area (Å²) < 4.78 is 16.3. The second-order valence-electron chi connectivity index (χ2n) is 4.32. The van der Waals surface area contributed by atoms with Crippen LogP contribution in [0, 0.1) is 0 Å². The van der Waals surface area contributed by atoms with Gasteiger partial charge in [-0.1, -0.05) is 12.1 Å². The number of benzene rings is 1. The molecular weight excluding hydrogens is 242 g/mol. The summed E-state index contributed by atoms with van der Waals surface area (Å²) in [7, 11) is 3.68. The van der Waals surface area contributed by atoms with E-state index in [2.05, 4.69) is 4.90 Å². The molecule has 0 spiro atoms. The van der Waals surface area contributed by atoms with Gasteiger partial charge in [0.15, 0.2) is 11.5 Å². The van der Waals surface area contributed by atoms with Crippen molar-refractivity contribution < 1.29 is 13.9 Å². The topological polar surface area (TPSA) is 34.8 Å². The molecule has 0 amide bonds. The highest BCUT2D eigenvalue weighted by Gasteiger charge is 2.05. The molecule has 1 heterocycles.